The second kappa shape index (κ2) is 8.58. The molecule has 0 aromatic rings. The highest BCUT2D eigenvalue weighted by Crippen LogP contribution is 2.09. The van der Waals surface area contributed by atoms with Crippen molar-refractivity contribution in [2.75, 3.05) is 27.4 Å². The third-order valence-corrected chi connectivity index (χ3v) is 2.12. The van der Waals surface area contributed by atoms with Gasteiger partial charge in [0, 0.05) is 12.2 Å². The first kappa shape index (κ1) is 15.4. The molecule has 0 aliphatic carbocycles. The second-order valence-corrected chi connectivity index (χ2v) is 3.22. The fourth-order valence-electron chi connectivity index (χ4n) is 1.21. The molecule has 0 rings (SSSR count). The van der Waals surface area contributed by atoms with E-state index in [2.05, 4.69) is 14.8 Å². The smallest absolute Gasteiger partial charge is 0.324 e. The Bertz CT molecular complexity index is 272. The highest BCUT2D eigenvalue weighted by atomic mass is 16.5. The Morgan fingerprint density at radius 2 is 1.82 bits per heavy atom. The largest absolute Gasteiger partial charge is 0.468 e. The number of rotatable bonds is 7. The van der Waals surface area contributed by atoms with Crippen LogP contribution in [-0.2, 0) is 19.1 Å². The van der Waals surface area contributed by atoms with Crippen LogP contribution in [0, 0.1) is 5.92 Å². The minimum Gasteiger partial charge on any atom is -0.468 e. The number of carbonyl (C=O) groups is 2. The number of ether oxygens (including phenoxy) is 2. The summed E-state index contributed by atoms with van der Waals surface area (Å²) in [7, 11) is 2.41. The minimum atomic E-state index is -1.08. The van der Waals surface area contributed by atoms with Crippen LogP contribution in [0.3, 0.4) is 0 Å². The molecule has 98 valence electrons. The van der Waals surface area contributed by atoms with Gasteiger partial charge in [0.05, 0.1) is 20.8 Å². The maximum Gasteiger partial charge on any atom is 0.324 e. The van der Waals surface area contributed by atoms with Crippen LogP contribution in [0.15, 0.2) is 11.8 Å². The molecule has 0 unspecified atom stereocenters. The SMILES string of the molecule is CCC(=CC(C(=O)OC)C(=O)OC)NCCO. The van der Waals surface area contributed by atoms with Gasteiger partial charge in [-0.3, -0.25) is 9.59 Å². The van der Waals surface area contributed by atoms with Crippen LogP contribution >= 0.6 is 0 Å². The van der Waals surface area contributed by atoms with Crippen LogP contribution in [0.5, 0.6) is 0 Å². The molecule has 0 spiro atoms. The van der Waals surface area contributed by atoms with Gasteiger partial charge in [-0.2, -0.15) is 0 Å². The van der Waals surface area contributed by atoms with E-state index in [-0.39, 0.29) is 6.61 Å². The zero-order valence-electron chi connectivity index (χ0n) is 10.4. The van der Waals surface area contributed by atoms with Crippen molar-refractivity contribution in [2.45, 2.75) is 13.3 Å². The molecule has 0 aliphatic rings. The number of aliphatic hydroxyl groups is 1. The predicted molar refractivity (Wildman–Crippen MR) is 61.0 cm³/mol. The summed E-state index contributed by atoms with van der Waals surface area (Å²) >= 11 is 0. The first-order chi connectivity index (χ1) is 8.10. The quantitative estimate of drug-likeness (QED) is 0.478. The van der Waals surface area contributed by atoms with Gasteiger partial charge in [0.15, 0.2) is 5.92 Å². The van der Waals surface area contributed by atoms with Crippen LogP contribution in [0.2, 0.25) is 0 Å². The van der Waals surface area contributed by atoms with E-state index in [0.717, 1.165) is 0 Å². The number of methoxy groups -OCH3 is 2. The van der Waals surface area contributed by atoms with Gasteiger partial charge in [-0.15, -0.1) is 0 Å². The summed E-state index contributed by atoms with van der Waals surface area (Å²) in [5.41, 5.74) is 0.680. The van der Waals surface area contributed by atoms with Crippen molar-refractivity contribution in [1.29, 1.82) is 0 Å². The van der Waals surface area contributed by atoms with E-state index in [1.165, 1.54) is 20.3 Å². The molecule has 0 heterocycles. The maximum absolute atomic E-state index is 11.4. The van der Waals surface area contributed by atoms with Gasteiger partial charge in [0.25, 0.3) is 0 Å². The van der Waals surface area contributed by atoms with E-state index in [9.17, 15) is 9.59 Å². The summed E-state index contributed by atoms with van der Waals surface area (Å²) in [5, 5.41) is 11.6. The molecule has 0 amide bonds. The van der Waals surface area contributed by atoms with E-state index in [1.807, 2.05) is 6.92 Å². The van der Waals surface area contributed by atoms with Crippen LogP contribution < -0.4 is 5.32 Å². The molecule has 0 saturated carbocycles. The number of aliphatic hydroxyl groups excluding tert-OH is 1. The van der Waals surface area contributed by atoms with E-state index >= 15 is 0 Å². The Morgan fingerprint density at radius 1 is 1.29 bits per heavy atom. The molecule has 6 nitrogen and oxygen atoms in total. The zero-order chi connectivity index (χ0) is 13.3. The van der Waals surface area contributed by atoms with E-state index in [1.54, 1.807) is 0 Å². The average Bonchev–Trinajstić information content (AvgIpc) is 2.37. The fourth-order valence-corrected chi connectivity index (χ4v) is 1.21. The summed E-state index contributed by atoms with van der Waals surface area (Å²) in [4.78, 5) is 22.8. The topological polar surface area (TPSA) is 84.9 Å². The molecular formula is C11H19NO5. The number of carbonyl (C=O) groups excluding carboxylic acids is 2. The monoisotopic (exact) mass is 245 g/mol. The molecule has 0 atom stereocenters. The number of esters is 2. The molecule has 0 radical (unpaired) electrons. The Hall–Kier alpha value is -1.56. The lowest BCUT2D eigenvalue weighted by Crippen LogP contribution is -2.27. The lowest BCUT2D eigenvalue weighted by molar-refractivity contribution is -0.156. The first-order valence-corrected chi connectivity index (χ1v) is 5.31. The third kappa shape index (κ3) is 5.35. The lowest BCUT2D eigenvalue weighted by atomic mass is 10.1. The van der Waals surface area contributed by atoms with E-state index in [0.29, 0.717) is 18.7 Å². The lowest BCUT2D eigenvalue weighted by Gasteiger charge is -2.12. The Morgan fingerprint density at radius 3 is 2.18 bits per heavy atom. The number of hydrogen-bond donors (Lipinski definition) is 2. The third-order valence-electron chi connectivity index (χ3n) is 2.12. The van der Waals surface area contributed by atoms with Crippen LogP contribution in [0.4, 0.5) is 0 Å². The van der Waals surface area contributed by atoms with Gasteiger partial charge >= 0.3 is 11.9 Å². The first-order valence-electron chi connectivity index (χ1n) is 5.31. The van der Waals surface area contributed by atoms with Crippen LogP contribution in [0.1, 0.15) is 13.3 Å². The molecule has 0 aromatic carbocycles. The number of allylic oxidation sites excluding steroid dienone is 1. The summed E-state index contributed by atoms with van der Waals surface area (Å²) in [6.07, 6.45) is 2.05. The Kier molecular flexibility index (Phi) is 7.79. The number of nitrogens with one attached hydrogen (secondary N) is 1. The molecule has 2 N–H and O–H groups in total. The van der Waals surface area contributed by atoms with Crippen molar-refractivity contribution in [3.05, 3.63) is 11.8 Å². The normalized spacial score (nSPS) is 11.2. The van der Waals surface area contributed by atoms with Gasteiger partial charge in [0.1, 0.15) is 0 Å². The molecular weight excluding hydrogens is 226 g/mol. The van der Waals surface area contributed by atoms with Gasteiger partial charge < -0.3 is 19.9 Å². The summed E-state index contributed by atoms with van der Waals surface area (Å²) in [6.45, 7) is 2.19. The molecule has 0 aliphatic heterocycles. The minimum absolute atomic E-state index is 0.0293. The van der Waals surface area contributed by atoms with Crippen molar-refractivity contribution >= 4 is 11.9 Å². The van der Waals surface area contributed by atoms with Crippen molar-refractivity contribution in [1.82, 2.24) is 5.32 Å². The molecule has 0 fully saturated rings. The van der Waals surface area contributed by atoms with Crippen molar-refractivity contribution < 1.29 is 24.2 Å². The zero-order valence-corrected chi connectivity index (χ0v) is 10.4. The van der Waals surface area contributed by atoms with Gasteiger partial charge in [0.2, 0.25) is 0 Å². The van der Waals surface area contributed by atoms with E-state index in [4.69, 9.17) is 5.11 Å². The maximum atomic E-state index is 11.4. The summed E-state index contributed by atoms with van der Waals surface area (Å²) in [5.74, 6) is -2.42. The van der Waals surface area contributed by atoms with Gasteiger partial charge in [-0.1, -0.05) is 6.92 Å². The average molecular weight is 245 g/mol. The molecule has 17 heavy (non-hydrogen) atoms. The molecule has 0 saturated heterocycles. The predicted octanol–water partition coefficient (Wildman–Crippen LogP) is -0.176. The number of hydrogen-bond acceptors (Lipinski definition) is 6. The molecule has 6 heteroatoms. The summed E-state index contributed by atoms with van der Waals surface area (Å²) < 4.78 is 9.05. The van der Waals surface area contributed by atoms with Crippen molar-refractivity contribution in [3.63, 3.8) is 0 Å². The standard InChI is InChI=1S/C11H19NO5/c1-4-8(12-5-6-13)7-9(10(14)16-2)11(15)17-3/h7,9,12-13H,4-6H2,1-3H3. The highest BCUT2D eigenvalue weighted by Gasteiger charge is 2.26. The van der Waals surface area contributed by atoms with Crippen molar-refractivity contribution in [3.8, 4) is 0 Å². The van der Waals surface area contributed by atoms with E-state index < -0.39 is 17.9 Å². The van der Waals surface area contributed by atoms with Gasteiger partial charge in [-0.05, 0) is 12.5 Å². The van der Waals surface area contributed by atoms with Crippen molar-refractivity contribution in [2.24, 2.45) is 5.92 Å². The van der Waals surface area contributed by atoms with Crippen LogP contribution in [-0.4, -0.2) is 44.4 Å². The van der Waals surface area contributed by atoms with Crippen LogP contribution in [0.25, 0.3) is 0 Å². The highest BCUT2D eigenvalue weighted by molar-refractivity contribution is 5.96. The second-order valence-electron chi connectivity index (χ2n) is 3.22. The summed E-state index contributed by atoms with van der Waals surface area (Å²) in [6, 6.07) is 0. The fraction of sp³-hybridized carbons (Fsp3) is 0.636. The molecule has 0 bridgehead atoms. The van der Waals surface area contributed by atoms with Gasteiger partial charge in [-0.25, -0.2) is 0 Å². The Balaban J connectivity index is 4.84. The molecule has 0 aromatic heterocycles. The Labute approximate surface area is 101 Å².